The summed E-state index contributed by atoms with van der Waals surface area (Å²) in [4.78, 5) is 0. The van der Waals surface area contributed by atoms with Gasteiger partial charge in [-0.05, 0) is 29.8 Å². The van der Waals surface area contributed by atoms with E-state index in [0.717, 1.165) is 5.56 Å². The van der Waals surface area contributed by atoms with E-state index in [4.69, 9.17) is 45.3 Å². The van der Waals surface area contributed by atoms with Gasteiger partial charge in [-0.1, -0.05) is 40.9 Å². The Balaban J connectivity index is 2.59. The van der Waals surface area contributed by atoms with E-state index in [-0.39, 0.29) is 0 Å². The molecule has 0 fully saturated rings. The molecule has 0 aliphatic rings. The molecule has 0 aliphatic heterocycles. The molecule has 2 N–H and O–H groups in total. The molecule has 2 aromatic rings. The molecule has 2 aromatic carbocycles. The van der Waals surface area contributed by atoms with Crippen LogP contribution >= 0.6 is 34.8 Å². The second kappa shape index (κ2) is 5.27. The second-order valence-electron chi connectivity index (χ2n) is 3.70. The van der Waals surface area contributed by atoms with Crippen molar-refractivity contribution in [1.29, 1.82) is 0 Å². The maximum absolute atomic E-state index is 6.15. The average molecular weight is 303 g/mol. The molecule has 0 aliphatic carbocycles. The molecule has 0 bridgehead atoms. The lowest BCUT2D eigenvalue weighted by atomic mass is 10.0. The Morgan fingerprint density at radius 2 is 1.61 bits per heavy atom. The van der Waals surface area contributed by atoms with Crippen molar-refractivity contribution in [3.05, 3.63) is 45.4 Å². The minimum atomic E-state index is 0.483. The molecule has 0 saturated heterocycles. The van der Waals surface area contributed by atoms with Crippen LogP contribution in [0.4, 0.5) is 5.69 Å². The molecular weight excluding hydrogens is 293 g/mol. The molecule has 0 amide bonds. The van der Waals surface area contributed by atoms with Crippen molar-refractivity contribution >= 4 is 40.5 Å². The highest BCUT2D eigenvalue weighted by Gasteiger charge is 2.11. The molecule has 0 saturated carbocycles. The number of halogens is 3. The van der Waals surface area contributed by atoms with Gasteiger partial charge in [0.15, 0.2) is 0 Å². The van der Waals surface area contributed by atoms with E-state index in [9.17, 15) is 0 Å². The first-order valence-corrected chi connectivity index (χ1v) is 6.24. The van der Waals surface area contributed by atoms with Gasteiger partial charge in [-0.15, -0.1) is 0 Å². The monoisotopic (exact) mass is 301 g/mol. The lowest BCUT2D eigenvalue weighted by Gasteiger charge is -2.10. The number of rotatable bonds is 2. The van der Waals surface area contributed by atoms with Crippen molar-refractivity contribution in [1.82, 2.24) is 0 Å². The summed E-state index contributed by atoms with van der Waals surface area (Å²) in [5, 5.41) is 1.46. The van der Waals surface area contributed by atoms with Crippen LogP contribution in [0.2, 0.25) is 15.1 Å². The van der Waals surface area contributed by atoms with Gasteiger partial charge in [-0.2, -0.15) is 0 Å². The van der Waals surface area contributed by atoms with E-state index in [1.54, 1.807) is 31.4 Å². The van der Waals surface area contributed by atoms with Crippen molar-refractivity contribution in [2.24, 2.45) is 0 Å². The van der Waals surface area contributed by atoms with Gasteiger partial charge in [-0.3, -0.25) is 0 Å². The van der Waals surface area contributed by atoms with Crippen LogP contribution in [0.5, 0.6) is 5.75 Å². The number of nitrogen functional groups attached to an aromatic ring is 1. The van der Waals surface area contributed by atoms with Gasteiger partial charge in [-0.25, -0.2) is 0 Å². The van der Waals surface area contributed by atoms with Crippen LogP contribution in [0.25, 0.3) is 11.1 Å². The molecule has 0 unspecified atom stereocenters. The lowest BCUT2D eigenvalue weighted by Crippen LogP contribution is -1.93. The topological polar surface area (TPSA) is 35.2 Å². The molecule has 2 nitrogen and oxygen atoms in total. The van der Waals surface area contributed by atoms with E-state index in [0.29, 0.717) is 32.1 Å². The van der Waals surface area contributed by atoms with Gasteiger partial charge in [0, 0.05) is 10.6 Å². The third-order valence-corrected chi connectivity index (χ3v) is 3.34. The van der Waals surface area contributed by atoms with Gasteiger partial charge >= 0.3 is 0 Å². The molecule has 0 atom stereocenters. The highest BCUT2D eigenvalue weighted by Crippen LogP contribution is 2.39. The van der Waals surface area contributed by atoms with Crippen molar-refractivity contribution in [3.8, 4) is 16.9 Å². The van der Waals surface area contributed by atoms with E-state index < -0.39 is 0 Å². The minimum absolute atomic E-state index is 0.483. The van der Waals surface area contributed by atoms with Crippen molar-refractivity contribution in [3.63, 3.8) is 0 Å². The van der Waals surface area contributed by atoms with Gasteiger partial charge < -0.3 is 10.5 Å². The Labute approximate surface area is 120 Å². The normalized spacial score (nSPS) is 10.4. The van der Waals surface area contributed by atoms with Crippen molar-refractivity contribution in [2.75, 3.05) is 12.8 Å². The first-order chi connectivity index (χ1) is 8.52. The highest BCUT2D eigenvalue weighted by atomic mass is 35.5. The molecule has 0 heterocycles. The lowest BCUT2D eigenvalue weighted by molar-refractivity contribution is 0.417. The third-order valence-electron chi connectivity index (χ3n) is 2.53. The number of hydrogen-bond acceptors (Lipinski definition) is 2. The Morgan fingerprint density at radius 1 is 1.00 bits per heavy atom. The van der Waals surface area contributed by atoms with E-state index in [2.05, 4.69) is 0 Å². The first-order valence-electron chi connectivity index (χ1n) is 5.11. The maximum Gasteiger partial charge on any atom is 0.141 e. The SMILES string of the molecule is COc1ccc(-c2c(Cl)cc(Cl)cc2Cl)cc1N. The van der Waals surface area contributed by atoms with Crippen LogP contribution in [0.1, 0.15) is 0 Å². The molecule has 0 radical (unpaired) electrons. The number of benzene rings is 2. The van der Waals surface area contributed by atoms with Crippen molar-refractivity contribution < 1.29 is 4.74 Å². The molecule has 0 spiro atoms. The summed E-state index contributed by atoms with van der Waals surface area (Å²) in [7, 11) is 1.56. The number of hydrogen-bond donors (Lipinski definition) is 1. The molecule has 94 valence electrons. The largest absolute Gasteiger partial charge is 0.495 e. The standard InChI is InChI=1S/C13H10Cl3NO/c1-18-12-3-2-7(4-11(12)17)13-9(15)5-8(14)6-10(13)16/h2-6H,17H2,1H3. The van der Waals surface area contributed by atoms with Crippen LogP contribution in [0, 0.1) is 0 Å². The van der Waals surface area contributed by atoms with Crippen LogP contribution in [0.3, 0.4) is 0 Å². The average Bonchev–Trinajstić information content (AvgIpc) is 2.27. The van der Waals surface area contributed by atoms with Crippen molar-refractivity contribution in [2.45, 2.75) is 0 Å². The van der Waals surface area contributed by atoms with Crippen LogP contribution in [-0.2, 0) is 0 Å². The zero-order valence-electron chi connectivity index (χ0n) is 9.51. The Morgan fingerprint density at radius 3 is 2.11 bits per heavy atom. The summed E-state index contributed by atoms with van der Waals surface area (Å²) in [5.41, 5.74) is 7.91. The van der Waals surface area contributed by atoms with E-state index in [1.807, 2.05) is 6.07 Å². The van der Waals surface area contributed by atoms with Crippen LogP contribution in [-0.4, -0.2) is 7.11 Å². The molecule has 0 aromatic heterocycles. The summed E-state index contributed by atoms with van der Waals surface area (Å²) in [6.45, 7) is 0. The maximum atomic E-state index is 6.15. The van der Waals surface area contributed by atoms with Gasteiger partial charge in [0.2, 0.25) is 0 Å². The number of ether oxygens (including phenoxy) is 1. The zero-order valence-corrected chi connectivity index (χ0v) is 11.8. The number of methoxy groups -OCH3 is 1. The van der Waals surface area contributed by atoms with Gasteiger partial charge in [0.1, 0.15) is 5.75 Å². The summed E-state index contributed by atoms with van der Waals surface area (Å²) in [6.07, 6.45) is 0. The smallest absolute Gasteiger partial charge is 0.141 e. The fourth-order valence-electron chi connectivity index (χ4n) is 1.71. The number of nitrogens with two attached hydrogens (primary N) is 1. The fourth-order valence-corrected chi connectivity index (χ4v) is 2.74. The summed E-state index contributed by atoms with van der Waals surface area (Å²) in [6, 6.07) is 8.66. The van der Waals surface area contributed by atoms with Crippen LogP contribution in [0.15, 0.2) is 30.3 Å². The highest BCUT2D eigenvalue weighted by molar-refractivity contribution is 6.41. The quantitative estimate of drug-likeness (QED) is 0.800. The predicted octanol–water partition coefficient (Wildman–Crippen LogP) is 4.90. The Hall–Kier alpha value is -1.09. The van der Waals surface area contributed by atoms with E-state index in [1.165, 1.54) is 0 Å². The second-order valence-corrected chi connectivity index (χ2v) is 4.95. The van der Waals surface area contributed by atoms with E-state index >= 15 is 0 Å². The molecule has 5 heteroatoms. The summed E-state index contributed by atoms with van der Waals surface area (Å²) in [5.74, 6) is 0.611. The number of anilines is 1. The van der Waals surface area contributed by atoms with Gasteiger partial charge in [0.25, 0.3) is 0 Å². The summed E-state index contributed by atoms with van der Waals surface area (Å²) >= 11 is 18.2. The molecular formula is C13H10Cl3NO. The Kier molecular flexibility index (Phi) is 3.91. The minimum Gasteiger partial charge on any atom is -0.495 e. The third kappa shape index (κ3) is 2.51. The van der Waals surface area contributed by atoms with Crippen LogP contribution < -0.4 is 10.5 Å². The summed E-state index contributed by atoms with van der Waals surface area (Å²) < 4.78 is 5.10. The Bertz CT molecular complexity index is 576. The molecule has 18 heavy (non-hydrogen) atoms. The first kappa shape index (κ1) is 13.3. The molecule has 2 rings (SSSR count). The fraction of sp³-hybridized carbons (Fsp3) is 0.0769. The zero-order chi connectivity index (χ0) is 13.3. The van der Waals surface area contributed by atoms with Gasteiger partial charge in [0.05, 0.1) is 22.8 Å². The predicted molar refractivity (Wildman–Crippen MR) is 77.9 cm³/mol.